The fourth-order valence-electron chi connectivity index (χ4n) is 1.94. The van der Waals surface area contributed by atoms with Gasteiger partial charge in [0.2, 0.25) is 0 Å². The van der Waals surface area contributed by atoms with Crippen molar-refractivity contribution in [3.05, 3.63) is 29.8 Å². The fourth-order valence-corrected chi connectivity index (χ4v) is 1.94. The Balaban J connectivity index is 1.91. The summed E-state index contributed by atoms with van der Waals surface area (Å²) in [4.78, 5) is 0. The van der Waals surface area contributed by atoms with Gasteiger partial charge in [-0.2, -0.15) is 0 Å². The van der Waals surface area contributed by atoms with Gasteiger partial charge in [0.05, 0.1) is 6.61 Å². The number of aromatic hydroxyl groups is 1. The first-order valence-electron chi connectivity index (χ1n) is 7.18. The van der Waals surface area contributed by atoms with Gasteiger partial charge in [-0.05, 0) is 30.5 Å². The number of phenols is 1. The van der Waals surface area contributed by atoms with Crippen LogP contribution in [0, 0.1) is 0 Å². The molecule has 0 spiro atoms. The summed E-state index contributed by atoms with van der Waals surface area (Å²) in [5, 5.41) is 9.16. The maximum atomic E-state index is 9.16. The van der Waals surface area contributed by atoms with Crippen LogP contribution < -0.4 is 0 Å². The van der Waals surface area contributed by atoms with Gasteiger partial charge in [0, 0.05) is 6.61 Å². The van der Waals surface area contributed by atoms with Crippen molar-refractivity contribution in [1.29, 1.82) is 0 Å². The predicted octanol–water partition coefficient (Wildman–Crippen LogP) is 4.31. The van der Waals surface area contributed by atoms with Gasteiger partial charge in [0.25, 0.3) is 0 Å². The summed E-state index contributed by atoms with van der Waals surface area (Å²) in [7, 11) is 0. The smallest absolute Gasteiger partial charge is 0.115 e. The number of hydrogen-bond acceptors (Lipinski definition) is 2. The summed E-state index contributed by atoms with van der Waals surface area (Å²) >= 11 is 0. The first kappa shape index (κ1) is 15.0. The van der Waals surface area contributed by atoms with Gasteiger partial charge < -0.3 is 9.84 Å². The Morgan fingerprint density at radius 1 is 0.889 bits per heavy atom. The van der Waals surface area contributed by atoms with Crippen molar-refractivity contribution in [2.24, 2.45) is 0 Å². The first-order valence-corrected chi connectivity index (χ1v) is 7.18. The minimum Gasteiger partial charge on any atom is -0.508 e. The molecule has 102 valence electrons. The number of benzene rings is 1. The van der Waals surface area contributed by atoms with Gasteiger partial charge >= 0.3 is 0 Å². The molecule has 0 unspecified atom stereocenters. The van der Waals surface area contributed by atoms with E-state index in [1.54, 1.807) is 12.1 Å². The van der Waals surface area contributed by atoms with E-state index >= 15 is 0 Å². The Labute approximate surface area is 111 Å². The van der Waals surface area contributed by atoms with E-state index in [1.165, 1.54) is 44.1 Å². The Morgan fingerprint density at radius 3 is 2.28 bits per heavy atom. The normalized spacial score (nSPS) is 10.7. The van der Waals surface area contributed by atoms with Gasteiger partial charge in [-0.1, -0.05) is 51.2 Å². The zero-order chi connectivity index (χ0) is 13.1. The number of phenolic OH excluding ortho intramolecular Hbond substituents is 1. The molecule has 2 heteroatoms. The summed E-state index contributed by atoms with van der Waals surface area (Å²) in [5.41, 5.74) is 1.22. The minimum atomic E-state index is 0.326. The van der Waals surface area contributed by atoms with E-state index in [4.69, 9.17) is 9.84 Å². The number of ether oxygens (including phenoxy) is 1. The monoisotopic (exact) mass is 250 g/mol. The summed E-state index contributed by atoms with van der Waals surface area (Å²) in [5.74, 6) is 0.326. The zero-order valence-electron chi connectivity index (χ0n) is 11.5. The Kier molecular flexibility index (Phi) is 8.32. The summed E-state index contributed by atoms with van der Waals surface area (Å²) < 4.78 is 5.61. The lowest BCUT2D eigenvalue weighted by Crippen LogP contribution is -2.00. The summed E-state index contributed by atoms with van der Waals surface area (Å²) in [6.45, 7) is 3.90. The summed E-state index contributed by atoms with van der Waals surface area (Å²) in [6, 6.07) is 7.35. The molecule has 1 N–H and O–H groups in total. The predicted molar refractivity (Wildman–Crippen MR) is 76.0 cm³/mol. The average molecular weight is 250 g/mol. The summed E-state index contributed by atoms with van der Waals surface area (Å²) in [6.07, 6.45) is 8.78. The molecule has 0 saturated carbocycles. The van der Waals surface area contributed by atoms with Crippen molar-refractivity contribution in [2.45, 2.75) is 51.9 Å². The molecule has 0 heterocycles. The van der Waals surface area contributed by atoms with E-state index in [1.807, 2.05) is 12.1 Å². The van der Waals surface area contributed by atoms with Gasteiger partial charge in [-0.15, -0.1) is 0 Å². The lowest BCUT2D eigenvalue weighted by molar-refractivity contribution is 0.133. The zero-order valence-corrected chi connectivity index (χ0v) is 11.5. The second-order valence-corrected chi connectivity index (χ2v) is 4.80. The maximum Gasteiger partial charge on any atom is 0.115 e. The van der Waals surface area contributed by atoms with Crippen LogP contribution in [0.5, 0.6) is 5.75 Å². The number of hydrogen-bond donors (Lipinski definition) is 1. The molecule has 1 rings (SSSR count). The molecule has 2 nitrogen and oxygen atoms in total. The molecule has 1 aromatic carbocycles. The lowest BCUT2D eigenvalue weighted by Gasteiger charge is -2.05. The SMILES string of the molecule is CCCCCCCCOCCc1ccc(O)cc1. The van der Waals surface area contributed by atoms with Crippen LogP contribution in [0.1, 0.15) is 51.0 Å². The second kappa shape index (κ2) is 9.95. The quantitative estimate of drug-likeness (QED) is 0.627. The van der Waals surface area contributed by atoms with E-state index in [9.17, 15) is 0 Å². The molecule has 0 atom stereocenters. The molecular formula is C16H26O2. The van der Waals surface area contributed by atoms with Crippen LogP contribution in [0.15, 0.2) is 24.3 Å². The molecule has 0 radical (unpaired) electrons. The van der Waals surface area contributed by atoms with E-state index < -0.39 is 0 Å². The van der Waals surface area contributed by atoms with E-state index in [-0.39, 0.29) is 0 Å². The molecular weight excluding hydrogens is 224 g/mol. The van der Waals surface area contributed by atoms with Gasteiger partial charge in [0.1, 0.15) is 5.75 Å². The average Bonchev–Trinajstić information content (AvgIpc) is 2.39. The van der Waals surface area contributed by atoms with Gasteiger partial charge in [0.15, 0.2) is 0 Å². The van der Waals surface area contributed by atoms with E-state index in [0.717, 1.165) is 19.6 Å². The van der Waals surface area contributed by atoms with Crippen molar-refractivity contribution < 1.29 is 9.84 Å². The highest BCUT2D eigenvalue weighted by Crippen LogP contribution is 2.10. The third kappa shape index (κ3) is 7.33. The van der Waals surface area contributed by atoms with Crippen LogP contribution in [-0.4, -0.2) is 18.3 Å². The van der Waals surface area contributed by atoms with Crippen LogP contribution in [0.25, 0.3) is 0 Å². The van der Waals surface area contributed by atoms with Crippen LogP contribution in [0.2, 0.25) is 0 Å². The molecule has 0 aliphatic heterocycles. The lowest BCUT2D eigenvalue weighted by atomic mass is 10.1. The number of rotatable bonds is 10. The molecule has 0 aliphatic rings. The maximum absolute atomic E-state index is 9.16. The topological polar surface area (TPSA) is 29.5 Å². The second-order valence-electron chi connectivity index (χ2n) is 4.80. The van der Waals surface area contributed by atoms with Crippen molar-refractivity contribution in [1.82, 2.24) is 0 Å². The highest BCUT2D eigenvalue weighted by Gasteiger charge is 1.95. The molecule has 0 aromatic heterocycles. The minimum absolute atomic E-state index is 0.326. The van der Waals surface area contributed by atoms with Gasteiger partial charge in [-0.25, -0.2) is 0 Å². The van der Waals surface area contributed by atoms with Crippen LogP contribution in [0.3, 0.4) is 0 Å². The van der Waals surface area contributed by atoms with Crippen molar-refractivity contribution in [3.63, 3.8) is 0 Å². The highest BCUT2D eigenvalue weighted by atomic mass is 16.5. The third-order valence-electron chi connectivity index (χ3n) is 3.11. The van der Waals surface area contributed by atoms with E-state index in [2.05, 4.69) is 6.92 Å². The Morgan fingerprint density at radius 2 is 1.56 bits per heavy atom. The highest BCUT2D eigenvalue weighted by molar-refractivity contribution is 5.25. The molecule has 0 saturated heterocycles. The van der Waals surface area contributed by atoms with Crippen molar-refractivity contribution >= 4 is 0 Å². The van der Waals surface area contributed by atoms with Gasteiger partial charge in [-0.3, -0.25) is 0 Å². The number of unbranched alkanes of at least 4 members (excludes halogenated alkanes) is 5. The molecule has 0 bridgehead atoms. The third-order valence-corrected chi connectivity index (χ3v) is 3.11. The standard InChI is InChI=1S/C16H26O2/c1-2-3-4-5-6-7-13-18-14-12-15-8-10-16(17)11-9-15/h8-11,17H,2-7,12-14H2,1H3. The molecule has 0 fully saturated rings. The largest absolute Gasteiger partial charge is 0.508 e. The Bertz CT molecular complexity index is 292. The van der Waals surface area contributed by atoms with Crippen LogP contribution >= 0.6 is 0 Å². The molecule has 18 heavy (non-hydrogen) atoms. The molecule has 0 amide bonds. The Hall–Kier alpha value is -1.02. The molecule has 1 aromatic rings. The van der Waals surface area contributed by atoms with Crippen molar-refractivity contribution in [2.75, 3.05) is 13.2 Å². The van der Waals surface area contributed by atoms with Crippen LogP contribution in [-0.2, 0) is 11.2 Å². The fraction of sp³-hybridized carbons (Fsp3) is 0.625. The van der Waals surface area contributed by atoms with E-state index in [0.29, 0.717) is 5.75 Å². The van der Waals surface area contributed by atoms with Crippen LogP contribution in [0.4, 0.5) is 0 Å². The molecule has 0 aliphatic carbocycles. The van der Waals surface area contributed by atoms with Crippen molar-refractivity contribution in [3.8, 4) is 5.75 Å². The first-order chi connectivity index (χ1) is 8.83.